The molecular weight excluding hydrogens is 303 g/mol. The smallest absolute Gasteiger partial charge is 0.0823 e. The molecule has 100 valence electrons. The summed E-state index contributed by atoms with van der Waals surface area (Å²) < 4.78 is 0. The molecule has 0 heterocycles. The van der Waals surface area contributed by atoms with Gasteiger partial charge >= 0.3 is 0 Å². The van der Waals surface area contributed by atoms with Crippen LogP contribution >= 0.6 is 34.8 Å². The lowest BCUT2D eigenvalue weighted by Crippen LogP contribution is -2.14. The highest BCUT2D eigenvalue weighted by Crippen LogP contribution is 2.29. The summed E-state index contributed by atoms with van der Waals surface area (Å²) in [6.45, 7) is 1.44. The molecule has 2 nitrogen and oxygen atoms in total. The molecule has 5 heteroatoms. The maximum Gasteiger partial charge on any atom is 0.0823 e. The summed E-state index contributed by atoms with van der Waals surface area (Å²) in [6, 6.07) is 13.1. The Bertz CT molecular complexity index is 558. The molecule has 0 aromatic heterocycles. The van der Waals surface area contributed by atoms with Crippen molar-refractivity contribution >= 4 is 46.2 Å². The monoisotopic (exact) mass is 314 g/mol. The summed E-state index contributed by atoms with van der Waals surface area (Å²) in [5, 5.41) is 8.27. The molecule has 19 heavy (non-hydrogen) atoms. The molecular formula is C14H13Cl3N2. The molecule has 2 aromatic carbocycles. The molecule has 2 N–H and O–H groups in total. The molecule has 0 atom stereocenters. The first-order valence-corrected chi connectivity index (χ1v) is 6.98. The third kappa shape index (κ3) is 3.93. The molecule has 0 saturated carbocycles. The van der Waals surface area contributed by atoms with Gasteiger partial charge in [-0.2, -0.15) is 0 Å². The van der Waals surface area contributed by atoms with Gasteiger partial charge in [-0.05, 0) is 24.3 Å². The van der Waals surface area contributed by atoms with Gasteiger partial charge in [0.15, 0.2) is 0 Å². The molecule has 0 aliphatic carbocycles. The van der Waals surface area contributed by atoms with Gasteiger partial charge in [0.2, 0.25) is 0 Å². The highest BCUT2D eigenvalue weighted by Gasteiger charge is 2.03. The van der Waals surface area contributed by atoms with Gasteiger partial charge in [0.25, 0.3) is 0 Å². The van der Waals surface area contributed by atoms with Crippen molar-refractivity contribution in [1.29, 1.82) is 0 Å². The maximum absolute atomic E-state index is 6.08. The third-order valence-corrected chi connectivity index (χ3v) is 3.73. The third-order valence-electron chi connectivity index (χ3n) is 2.58. The number of para-hydroxylation sites is 1. The minimum atomic E-state index is 0.543. The number of rotatable bonds is 5. The Hall–Kier alpha value is -1.09. The normalized spacial score (nSPS) is 10.3. The summed E-state index contributed by atoms with van der Waals surface area (Å²) in [4.78, 5) is 0. The zero-order chi connectivity index (χ0) is 13.7. The van der Waals surface area contributed by atoms with Gasteiger partial charge in [-0.15, -0.1) is 0 Å². The standard InChI is InChI=1S/C14H13Cl3N2/c15-10-4-1-2-6-12(10)18-8-9-19-13-7-3-5-11(16)14(13)17/h1-7,18-19H,8-9H2. The van der Waals surface area contributed by atoms with Crippen LogP contribution in [0.4, 0.5) is 11.4 Å². The highest BCUT2D eigenvalue weighted by molar-refractivity contribution is 6.43. The second-order valence-electron chi connectivity index (χ2n) is 3.93. The van der Waals surface area contributed by atoms with Gasteiger partial charge in [-0.3, -0.25) is 0 Å². The van der Waals surface area contributed by atoms with Crippen molar-refractivity contribution in [3.05, 3.63) is 57.5 Å². The van der Waals surface area contributed by atoms with E-state index in [9.17, 15) is 0 Å². The Morgan fingerprint density at radius 2 is 1.26 bits per heavy atom. The number of benzene rings is 2. The Labute approximate surface area is 127 Å². The van der Waals surface area contributed by atoms with E-state index >= 15 is 0 Å². The van der Waals surface area contributed by atoms with Crippen LogP contribution in [0.2, 0.25) is 15.1 Å². The zero-order valence-electron chi connectivity index (χ0n) is 10.1. The van der Waals surface area contributed by atoms with Crippen LogP contribution in [-0.2, 0) is 0 Å². The van der Waals surface area contributed by atoms with Crippen molar-refractivity contribution in [2.45, 2.75) is 0 Å². The Morgan fingerprint density at radius 3 is 2.00 bits per heavy atom. The summed E-state index contributed by atoms with van der Waals surface area (Å²) in [6.07, 6.45) is 0. The fraction of sp³-hybridized carbons (Fsp3) is 0.143. The predicted octanol–water partition coefficient (Wildman–Crippen LogP) is 5.17. The molecule has 0 fully saturated rings. The van der Waals surface area contributed by atoms with E-state index in [0.717, 1.165) is 17.9 Å². The van der Waals surface area contributed by atoms with Gasteiger partial charge < -0.3 is 10.6 Å². The van der Waals surface area contributed by atoms with E-state index in [-0.39, 0.29) is 0 Å². The molecule has 0 unspecified atom stereocenters. The largest absolute Gasteiger partial charge is 0.382 e. The number of hydrogen-bond acceptors (Lipinski definition) is 2. The van der Waals surface area contributed by atoms with E-state index in [1.54, 1.807) is 6.07 Å². The Morgan fingerprint density at radius 1 is 0.684 bits per heavy atom. The van der Waals surface area contributed by atoms with E-state index in [4.69, 9.17) is 34.8 Å². The molecule has 0 aliphatic rings. The maximum atomic E-state index is 6.08. The van der Waals surface area contributed by atoms with Gasteiger partial charge in [0.05, 0.1) is 26.4 Å². The number of nitrogens with one attached hydrogen (secondary N) is 2. The first-order valence-electron chi connectivity index (χ1n) is 5.85. The van der Waals surface area contributed by atoms with E-state index in [1.807, 2.05) is 36.4 Å². The number of anilines is 2. The first kappa shape index (κ1) is 14.3. The van der Waals surface area contributed by atoms with E-state index < -0.39 is 0 Å². The summed E-state index contributed by atoms with van der Waals surface area (Å²) in [7, 11) is 0. The van der Waals surface area contributed by atoms with Crippen LogP contribution in [0.1, 0.15) is 0 Å². The van der Waals surface area contributed by atoms with Crippen molar-refractivity contribution in [3.8, 4) is 0 Å². The van der Waals surface area contributed by atoms with Crippen molar-refractivity contribution in [1.82, 2.24) is 0 Å². The molecule has 2 aromatic rings. The van der Waals surface area contributed by atoms with E-state index in [1.165, 1.54) is 0 Å². The molecule has 0 amide bonds. The molecule has 2 rings (SSSR count). The minimum Gasteiger partial charge on any atom is -0.382 e. The van der Waals surface area contributed by atoms with E-state index in [2.05, 4.69) is 10.6 Å². The average molecular weight is 316 g/mol. The molecule has 0 saturated heterocycles. The second kappa shape index (κ2) is 6.90. The van der Waals surface area contributed by atoms with Crippen LogP contribution in [0, 0.1) is 0 Å². The van der Waals surface area contributed by atoms with Crippen LogP contribution in [-0.4, -0.2) is 13.1 Å². The lowest BCUT2D eigenvalue weighted by molar-refractivity contribution is 1.08. The number of hydrogen-bond donors (Lipinski definition) is 2. The summed E-state index contributed by atoms with van der Waals surface area (Å²) in [5.74, 6) is 0. The van der Waals surface area contributed by atoms with Crippen molar-refractivity contribution < 1.29 is 0 Å². The van der Waals surface area contributed by atoms with Crippen molar-refractivity contribution in [2.24, 2.45) is 0 Å². The summed E-state index contributed by atoms with van der Waals surface area (Å²) in [5.41, 5.74) is 1.75. The van der Waals surface area contributed by atoms with Crippen LogP contribution in [0.15, 0.2) is 42.5 Å². The van der Waals surface area contributed by atoms with Crippen LogP contribution in [0.25, 0.3) is 0 Å². The summed E-state index contributed by atoms with van der Waals surface area (Å²) >= 11 is 18.1. The molecule has 0 aliphatic heterocycles. The molecule has 0 spiro atoms. The molecule has 0 radical (unpaired) electrons. The van der Waals surface area contributed by atoms with Gasteiger partial charge in [0, 0.05) is 13.1 Å². The average Bonchev–Trinajstić information content (AvgIpc) is 2.41. The highest BCUT2D eigenvalue weighted by atomic mass is 35.5. The van der Waals surface area contributed by atoms with Crippen LogP contribution in [0.5, 0.6) is 0 Å². The van der Waals surface area contributed by atoms with Crippen LogP contribution in [0.3, 0.4) is 0 Å². The van der Waals surface area contributed by atoms with Crippen LogP contribution < -0.4 is 10.6 Å². The first-order chi connectivity index (χ1) is 9.18. The fourth-order valence-electron chi connectivity index (χ4n) is 1.64. The lowest BCUT2D eigenvalue weighted by Gasteiger charge is -2.11. The van der Waals surface area contributed by atoms with E-state index in [0.29, 0.717) is 21.6 Å². The van der Waals surface area contributed by atoms with Gasteiger partial charge in [0.1, 0.15) is 0 Å². The SMILES string of the molecule is Clc1ccccc1NCCNc1cccc(Cl)c1Cl. The van der Waals surface area contributed by atoms with Gasteiger partial charge in [-0.25, -0.2) is 0 Å². The molecule has 0 bridgehead atoms. The lowest BCUT2D eigenvalue weighted by atomic mass is 10.3. The number of halogens is 3. The Kier molecular flexibility index (Phi) is 5.20. The zero-order valence-corrected chi connectivity index (χ0v) is 12.4. The van der Waals surface area contributed by atoms with Gasteiger partial charge in [-0.1, -0.05) is 53.0 Å². The van der Waals surface area contributed by atoms with Crippen molar-refractivity contribution in [2.75, 3.05) is 23.7 Å². The fourth-order valence-corrected chi connectivity index (χ4v) is 2.21. The minimum absolute atomic E-state index is 0.543. The quantitative estimate of drug-likeness (QED) is 0.744. The topological polar surface area (TPSA) is 24.1 Å². The second-order valence-corrected chi connectivity index (χ2v) is 5.13. The predicted molar refractivity (Wildman–Crippen MR) is 84.9 cm³/mol. The van der Waals surface area contributed by atoms with Crippen molar-refractivity contribution in [3.63, 3.8) is 0 Å². The Balaban J connectivity index is 1.84.